The molecule has 1 aliphatic carbocycles. The van der Waals surface area contributed by atoms with Crippen LogP contribution in [0.3, 0.4) is 0 Å². The van der Waals surface area contributed by atoms with Crippen molar-refractivity contribution in [3.63, 3.8) is 0 Å². The molecular weight excluding hydrogens is 456 g/mol. The number of hydrogen-bond donors (Lipinski definition) is 0. The first kappa shape index (κ1) is 26.8. The van der Waals surface area contributed by atoms with Crippen LogP contribution in [0.15, 0.2) is 127 Å². The van der Waals surface area contributed by atoms with Gasteiger partial charge in [0.05, 0.1) is 0 Å². The van der Waals surface area contributed by atoms with E-state index in [4.69, 9.17) is 0 Å². The summed E-state index contributed by atoms with van der Waals surface area (Å²) in [6, 6.07) is 1.99. The summed E-state index contributed by atoms with van der Waals surface area (Å²) in [6.45, 7) is 25.3. The fraction of sp³-hybridized carbons (Fsp3) is 0.103. The van der Waals surface area contributed by atoms with Crippen LogP contribution in [0, 0.1) is 0 Å². The van der Waals surface area contributed by atoms with E-state index in [-0.39, 0.29) is 22.3 Å². The first-order valence-electron chi connectivity index (χ1n) is 10.3. The standard InChI is InChI=1S/C29H26F4S/c1-8-9-24-12-20(5)29(34-24)15-18(3)23-10-11-25(28(33)16-23)19(4)14-26(31)21(6)17(2)13-27(32)22(7)30/h8,12-16H,1-7,9-11H2/b26-14+,27-13+,29-15+. The zero-order valence-electron chi connectivity index (χ0n) is 19.0. The SMILES string of the molecule is C=CCc1cc(=C)/c(=C\C(=C)C2=CC(F)=C(C(=C)/C=C(/F)C(=C)C(=C)/C=C(/F)C(=C)F)CC2)s1. The van der Waals surface area contributed by atoms with Gasteiger partial charge in [0.15, 0.2) is 11.7 Å². The van der Waals surface area contributed by atoms with Gasteiger partial charge in [-0.05, 0) is 82.7 Å². The molecule has 34 heavy (non-hydrogen) atoms. The third-order valence-corrected chi connectivity index (χ3v) is 6.26. The summed E-state index contributed by atoms with van der Waals surface area (Å²) in [4.78, 5) is 1.13. The van der Waals surface area contributed by atoms with E-state index in [9.17, 15) is 17.6 Å². The molecule has 0 spiro atoms. The fourth-order valence-electron chi connectivity index (χ4n) is 3.18. The van der Waals surface area contributed by atoms with Gasteiger partial charge < -0.3 is 0 Å². The molecular formula is C29H26F4S. The molecule has 1 aliphatic rings. The summed E-state index contributed by atoms with van der Waals surface area (Å²) in [5, 5.41) is 0.873. The van der Waals surface area contributed by atoms with E-state index < -0.39 is 23.3 Å². The van der Waals surface area contributed by atoms with Crippen molar-refractivity contribution in [3.8, 4) is 0 Å². The van der Waals surface area contributed by atoms with Crippen LogP contribution in [0.5, 0.6) is 0 Å². The summed E-state index contributed by atoms with van der Waals surface area (Å²) in [7, 11) is 0. The Morgan fingerprint density at radius 1 is 0.971 bits per heavy atom. The van der Waals surface area contributed by atoms with Crippen molar-refractivity contribution in [3.05, 3.63) is 141 Å². The van der Waals surface area contributed by atoms with E-state index in [0.29, 0.717) is 24.5 Å². The predicted octanol–water partition coefficient (Wildman–Crippen LogP) is 8.03. The molecule has 0 nitrogen and oxygen atoms in total. The van der Waals surface area contributed by atoms with Crippen molar-refractivity contribution in [1.82, 2.24) is 0 Å². The number of halogens is 4. The Morgan fingerprint density at radius 3 is 2.24 bits per heavy atom. The molecule has 0 atom stereocenters. The van der Waals surface area contributed by atoms with Crippen LogP contribution >= 0.6 is 11.3 Å². The van der Waals surface area contributed by atoms with Crippen molar-refractivity contribution in [2.45, 2.75) is 19.3 Å². The third-order valence-electron chi connectivity index (χ3n) is 5.11. The molecule has 2 rings (SSSR count). The number of thiophene rings is 1. The van der Waals surface area contributed by atoms with Crippen LogP contribution in [0.1, 0.15) is 17.7 Å². The molecule has 0 saturated heterocycles. The van der Waals surface area contributed by atoms with Gasteiger partial charge in [-0.3, -0.25) is 0 Å². The van der Waals surface area contributed by atoms with E-state index in [0.717, 1.165) is 32.7 Å². The molecule has 0 N–H and O–H groups in total. The minimum Gasteiger partial charge on any atom is -0.207 e. The van der Waals surface area contributed by atoms with E-state index in [1.54, 1.807) is 11.3 Å². The molecule has 0 fully saturated rings. The van der Waals surface area contributed by atoms with E-state index >= 15 is 0 Å². The van der Waals surface area contributed by atoms with Gasteiger partial charge in [0.25, 0.3) is 0 Å². The largest absolute Gasteiger partial charge is 0.207 e. The minimum absolute atomic E-state index is 0.112. The van der Waals surface area contributed by atoms with Gasteiger partial charge in [-0.25, -0.2) is 17.6 Å². The monoisotopic (exact) mass is 482 g/mol. The Kier molecular flexibility index (Phi) is 9.16. The Bertz CT molecular complexity index is 1320. The Hall–Kier alpha value is -3.44. The zero-order chi connectivity index (χ0) is 25.6. The second-order valence-electron chi connectivity index (χ2n) is 7.68. The molecule has 176 valence electrons. The minimum atomic E-state index is -1.30. The van der Waals surface area contributed by atoms with Crippen LogP contribution in [0.2, 0.25) is 0 Å². The number of rotatable bonds is 10. The maximum atomic E-state index is 14.9. The fourth-order valence-corrected chi connectivity index (χ4v) is 4.25. The highest BCUT2D eigenvalue weighted by Crippen LogP contribution is 2.34. The lowest BCUT2D eigenvalue weighted by atomic mass is 9.89. The van der Waals surface area contributed by atoms with E-state index in [2.05, 4.69) is 46.1 Å². The third kappa shape index (κ3) is 6.78. The van der Waals surface area contributed by atoms with E-state index in [1.807, 2.05) is 18.2 Å². The van der Waals surface area contributed by atoms with Crippen LogP contribution in [0.4, 0.5) is 17.6 Å². The summed E-state index contributed by atoms with van der Waals surface area (Å²) in [5.74, 6) is -4.00. The quantitative estimate of drug-likeness (QED) is 0.180. The molecule has 1 aromatic heterocycles. The predicted molar refractivity (Wildman–Crippen MR) is 138 cm³/mol. The maximum absolute atomic E-state index is 14.9. The van der Waals surface area contributed by atoms with Gasteiger partial charge in [0.2, 0.25) is 0 Å². The topological polar surface area (TPSA) is 0 Å². The highest BCUT2D eigenvalue weighted by Gasteiger charge is 2.17. The van der Waals surface area contributed by atoms with Crippen molar-refractivity contribution in [2.75, 3.05) is 0 Å². The van der Waals surface area contributed by atoms with Crippen LogP contribution in [-0.2, 0) is 6.42 Å². The van der Waals surface area contributed by atoms with Crippen LogP contribution < -0.4 is 9.75 Å². The van der Waals surface area contributed by atoms with E-state index in [1.165, 1.54) is 6.08 Å². The Balaban J connectivity index is 2.23. The Morgan fingerprint density at radius 2 is 1.65 bits per heavy atom. The highest BCUT2D eigenvalue weighted by atomic mass is 32.1. The number of allylic oxidation sites excluding steroid dienone is 14. The van der Waals surface area contributed by atoms with Crippen molar-refractivity contribution in [2.24, 2.45) is 0 Å². The van der Waals surface area contributed by atoms with Crippen molar-refractivity contribution in [1.29, 1.82) is 0 Å². The lowest BCUT2D eigenvalue weighted by Crippen LogP contribution is -2.15. The molecule has 0 saturated carbocycles. The van der Waals surface area contributed by atoms with Gasteiger partial charge in [0.1, 0.15) is 11.7 Å². The average molecular weight is 483 g/mol. The second kappa shape index (κ2) is 11.6. The lowest BCUT2D eigenvalue weighted by Gasteiger charge is -2.17. The zero-order valence-corrected chi connectivity index (χ0v) is 19.8. The number of hydrogen-bond acceptors (Lipinski definition) is 1. The summed E-state index contributed by atoms with van der Waals surface area (Å²) in [6.07, 6.45) is 8.29. The van der Waals surface area contributed by atoms with Crippen molar-refractivity contribution < 1.29 is 17.6 Å². The normalized spacial score (nSPS) is 15.2. The maximum Gasteiger partial charge on any atom is 0.158 e. The molecule has 0 radical (unpaired) electrons. The molecule has 1 heterocycles. The molecule has 0 aliphatic heterocycles. The highest BCUT2D eigenvalue weighted by molar-refractivity contribution is 7.09. The van der Waals surface area contributed by atoms with Gasteiger partial charge in [-0.1, -0.05) is 45.5 Å². The molecule has 5 heteroatoms. The Labute approximate surface area is 202 Å². The second-order valence-corrected chi connectivity index (χ2v) is 8.85. The van der Waals surface area contributed by atoms with Crippen LogP contribution in [-0.4, -0.2) is 0 Å². The first-order valence-corrected chi connectivity index (χ1v) is 11.1. The molecule has 0 bridgehead atoms. The summed E-state index contributed by atoms with van der Waals surface area (Å²) >= 11 is 1.58. The first-order chi connectivity index (χ1) is 15.9. The molecule has 1 aromatic rings. The lowest BCUT2D eigenvalue weighted by molar-refractivity contribution is 0.547. The van der Waals surface area contributed by atoms with Gasteiger partial charge >= 0.3 is 0 Å². The summed E-state index contributed by atoms with van der Waals surface area (Å²) < 4.78 is 56.5. The molecule has 0 aromatic carbocycles. The van der Waals surface area contributed by atoms with Gasteiger partial charge in [-0.2, -0.15) is 0 Å². The van der Waals surface area contributed by atoms with Crippen molar-refractivity contribution >= 4 is 24.0 Å². The smallest absolute Gasteiger partial charge is 0.158 e. The molecule has 0 unspecified atom stereocenters. The average Bonchev–Trinajstić information content (AvgIpc) is 3.11. The van der Waals surface area contributed by atoms with Crippen LogP contribution in [0.25, 0.3) is 12.7 Å². The molecule has 0 amide bonds. The summed E-state index contributed by atoms with van der Waals surface area (Å²) in [5.41, 5.74) is 1.29. The van der Waals surface area contributed by atoms with Gasteiger partial charge in [0, 0.05) is 15.0 Å². The van der Waals surface area contributed by atoms with Gasteiger partial charge in [-0.15, -0.1) is 17.9 Å².